The average Bonchev–Trinajstić information content (AvgIpc) is 3.75. The van der Waals surface area contributed by atoms with Crippen LogP contribution in [0.5, 0.6) is 11.5 Å². The van der Waals surface area contributed by atoms with Crippen molar-refractivity contribution in [3.63, 3.8) is 0 Å². The van der Waals surface area contributed by atoms with Crippen LogP contribution in [-0.2, 0) is 38.4 Å². The predicted octanol–water partition coefficient (Wildman–Crippen LogP) is 13.3. The summed E-state index contributed by atoms with van der Waals surface area (Å²) in [5.41, 5.74) is 14.7. The van der Waals surface area contributed by atoms with E-state index in [-0.39, 0.29) is 32.0 Å². The molecule has 306 valence electrons. The normalized spacial score (nSPS) is 18.2. The molecule has 6 heteroatoms. The number of anilines is 1. The maximum absolute atomic E-state index is 7.04. The summed E-state index contributed by atoms with van der Waals surface area (Å²) < 4.78 is 9.26. The number of hydrogen-bond donors (Lipinski definition) is 0. The number of nitrogens with zero attached hydrogens (tertiary/aromatic N) is 4. The van der Waals surface area contributed by atoms with Crippen LogP contribution in [-0.4, -0.2) is 20.9 Å². The number of aliphatic imine (C=N–C) groups is 1. The monoisotopic (exact) mass is 977 g/mol. The summed E-state index contributed by atoms with van der Waals surface area (Å²) in [5.74, 6) is 2.11. The van der Waals surface area contributed by atoms with Crippen LogP contribution in [0.1, 0.15) is 79.1 Å². The molecule has 0 spiro atoms. The maximum Gasteiger partial charge on any atom is 2.00 e. The predicted molar refractivity (Wildman–Crippen MR) is 247 cm³/mol. The van der Waals surface area contributed by atoms with E-state index < -0.39 is 5.54 Å². The molecular weight excluding hydrogens is 928 g/mol. The minimum absolute atomic E-state index is 0. The van der Waals surface area contributed by atoms with Gasteiger partial charge in [-0.05, 0) is 105 Å². The Bertz CT molecular complexity index is 3040. The summed E-state index contributed by atoms with van der Waals surface area (Å²) in [5, 5.41) is 2.27. The molecule has 2 atom stereocenters. The third-order valence-electron chi connectivity index (χ3n) is 13.0. The van der Waals surface area contributed by atoms with Gasteiger partial charge in [-0.1, -0.05) is 128 Å². The van der Waals surface area contributed by atoms with Crippen LogP contribution in [0.3, 0.4) is 0 Å². The number of aromatic nitrogens is 2. The molecule has 1 aliphatic heterocycles. The van der Waals surface area contributed by atoms with Crippen molar-refractivity contribution >= 4 is 33.5 Å². The van der Waals surface area contributed by atoms with E-state index in [1.54, 1.807) is 0 Å². The van der Waals surface area contributed by atoms with E-state index in [4.69, 9.17) is 14.7 Å². The summed E-state index contributed by atoms with van der Waals surface area (Å²) in [7, 11) is 0. The van der Waals surface area contributed by atoms with Gasteiger partial charge < -0.3 is 19.2 Å². The Morgan fingerprint density at radius 3 is 2.16 bits per heavy atom. The molecule has 0 unspecified atom stereocenters. The summed E-state index contributed by atoms with van der Waals surface area (Å²) in [6.45, 7) is 20.2. The molecule has 0 bridgehead atoms. The number of benzene rings is 6. The molecule has 1 aliphatic carbocycles. The van der Waals surface area contributed by atoms with Crippen molar-refractivity contribution in [3.8, 4) is 28.3 Å². The SMILES string of the molecule is Cc1cc(C)c(N2C(c3[c-]c(Oc4[c-]c(-n5c6ccc(C)cc6c6cccnc65)cc(C(C)(C)C)c4)cc(-c4ccccc4)c3)=N[C@]3(C)c4ccccc4C[C@]23C)c(C)c1.[Pt+2]. The zero-order valence-electron chi connectivity index (χ0n) is 36.3. The first-order valence-corrected chi connectivity index (χ1v) is 21.0. The Balaban J connectivity index is 0.00000476. The van der Waals surface area contributed by atoms with Crippen LogP contribution in [0.15, 0.2) is 133 Å². The Kier molecular flexibility index (Phi) is 9.79. The number of fused-ring (bicyclic) bond motifs is 6. The molecule has 2 aromatic heterocycles. The van der Waals surface area contributed by atoms with Gasteiger partial charge in [-0.3, -0.25) is 0 Å². The van der Waals surface area contributed by atoms with Crippen LogP contribution in [0.2, 0.25) is 0 Å². The first-order valence-electron chi connectivity index (χ1n) is 21.0. The fraction of sp³-hybridized carbons (Fsp3) is 0.236. The molecule has 0 amide bonds. The van der Waals surface area contributed by atoms with Gasteiger partial charge in [-0.15, -0.1) is 35.4 Å². The fourth-order valence-corrected chi connectivity index (χ4v) is 9.99. The molecule has 3 heterocycles. The molecule has 61 heavy (non-hydrogen) atoms. The molecule has 0 saturated heterocycles. The van der Waals surface area contributed by atoms with E-state index >= 15 is 0 Å². The van der Waals surface area contributed by atoms with Crippen molar-refractivity contribution < 1.29 is 25.8 Å². The van der Waals surface area contributed by atoms with Crippen LogP contribution >= 0.6 is 0 Å². The van der Waals surface area contributed by atoms with Crippen molar-refractivity contribution in [2.24, 2.45) is 4.99 Å². The van der Waals surface area contributed by atoms with Crippen molar-refractivity contribution in [2.75, 3.05) is 4.90 Å². The summed E-state index contributed by atoms with van der Waals surface area (Å²) >= 11 is 0. The summed E-state index contributed by atoms with van der Waals surface area (Å²) in [6.07, 6.45) is 2.74. The minimum atomic E-state index is -0.501. The molecule has 5 nitrogen and oxygen atoms in total. The second kappa shape index (κ2) is 14.7. The van der Waals surface area contributed by atoms with E-state index in [0.717, 1.165) is 56.7 Å². The van der Waals surface area contributed by atoms with Gasteiger partial charge in [0, 0.05) is 34.2 Å². The zero-order chi connectivity index (χ0) is 41.7. The first kappa shape index (κ1) is 40.6. The van der Waals surface area contributed by atoms with Gasteiger partial charge in [-0.25, -0.2) is 4.98 Å². The van der Waals surface area contributed by atoms with Gasteiger partial charge in [0.2, 0.25) is 0 Å². The molecule has 2 aliphatic rings. The molecule has 6 aromatic carbocycles. The van der Waals surface area contributed by atoms with Crippen LogP contribution in [0.4, 0.5) is 5.69 Å². The molecule has 0 saturated carbocycles. The van der Waals surface area contributed by atoms with Crippen LogP contribution in [0, 0.1) is 39.8 Å². The molecule has 8 aromatic rings. The molecule has 0 fully saturated rings. The molecular formula is C55H50N4OPt. The first-order chi connectivity index (χ1) is 28.7. The smallest absolute Gasteiger partial charge is 0.503 e. The van der Waals surface area contributed by atoms with E-state index in [0.29, 0.717) is 11.5 Å². The summed E-state index contributed by atoms with van der Waals surface area (Å²) in [6, 6.07) is 50.9. The number of ether oxygens (including phenoxy) is 1. The second-order valence-corrected chi connectivity index (χ2v) is 18.4. The number of pyridine rings is 1. The third-order valence-corrected chi connectivity index (χ3v) is 13.0. The number of hydrogen-bond acceptors (Lipinski definition) is 4. The Morgan fingerprint density at radius 2 is 1.41 bits per heavy atom. The molecule has 0 N–H and O–H groups in total. The minimum Gasteiger partial charge on any atom is -0.503 e. The zero-order valence-corrected chi connectivity index (χ0v) is 38.6. The molecule has 10 rings (SSSR count). The molecule has 0 radical (unpaired) electrons. The summed E-state index contributed by atoms with van der Waals surface area (Å²) in [4.78, 5) is 13.2. The second-order valence-electron chi connectivity index (χ2n) is 18.4. The Hall–Kier alpha value is -5.77. The fourth-order valence-electron chi connectivity index (χ4n) is 9.99. The standard InChI is InChI=1S/C55H50N4O.Pt/c1-34-21-22-49-47(26-34)46-19-15-23-56-52(46)58(49)43-30-42(53(5,6)7)31-45(32-43)60-44-28-40(38-16-11-10-12-17-38)27-41(29-44)51-57-55(9)48-20-14-13-18-39(48)33-54(55,8)59(51)50-36(3)24-35(2)25-37(50)4;/h10-28,30-31H,33H2,1-9H3;/q-2;+2/t54-,55+;/m0./s1. The van der Waals surface area contributed by atoms with E-state index in [1.807, 2.05) is 12.3 Å². The largest absolute Gasteiger partial charge is 2.00 e. The average molecular weight is 978 g/mol. The number of rotatable bonds is 6. The number of aryl methyl sites for hydroxylation is 4. The van der Waals surface area contributed by atoms with Crippen molar-refractivity contribution in [1.82, 2.24) is 9.55 Å². The third kappa shape index (κ3) is 6.55. The maximum atomic E-state index is 7.04. The van der Waals surface area contributed by atoms with Gasteiger partial charge in [-0.2, -0.15) is 0 Å². The van der Waals surface area contributed by atoms with Gasteiger partial charge >= 0.3 is 21.1 Å². The van der Waals surface area contributed by atoms with Crippen LogP contribution in [0.25, 0.3) is 38.8 Å². The van der Waals surface area contributed by atoms with E-state index in [2.05, 4.69) is 199 Å². The van der Waals surface area contributed by atoms with Crippen molar-refractivity contribution in [3.05, 3.63) is 184 Å². The number of amidine groups is 1. The Morgan fingerprint density at radius 1 is 0.689 bits per heavy atom. The van der Waals surface area contributed by atoms with Crippen LogP contribution < -0.4 is 9.64 Å². The van der Waals surface area contributed by atoms with Gasteiger partial charge in [0.1, 0.15) is 5.65 Å². The quantitative estimate of drug-likeness (QED) is 0.156. The van der Waals surface area contributed by atoms with Crippen molar-refractivity contribution in [1.29, 1.82) is 0 Å². The Labute approximate surface area is 374 Å². The van der Waals surface area contributed by atoms with Gasteiger partial charge in [0.05, 0.1) is 22.4 Å². The van der Waals surface area contributed by atoms with Gasteiger partial charge in [0.15, 0.2) is 0 Å². The topological polar surface area (TPSA) is 42.6 Å². The van der Waals surface area contributed by atoms with Crippen molar-refractivity contribution in [2.45, 2.75) is 85.2 Å². The van der Waals surface area contributed by atoms with Gasteiger partial charge in [0.25, 0.3) is 0 Å². The van der Waals surface area contributed by atoms with E-state index in [1.165, 1.54) is 44.5 Å². The van der Waals surface area contributed by atoms with E-state index in [9.17, 15) is 0 Å².